The molecule has 2 aromatic carbocycles. The summed E-state index contributed by atoms with van der Waals surface area (Å²) >= 11 is 0. The molecular formula is C21H21N3O8S. The number of hydrogen-bond donors (Lipinski definition) is 2. The van der Waals surface area contributed by atoms with Crippen molar-refractivity contribution >= 4 is 39.4 Å². The third-order valence-corrected chi connectivity index (χ3v) is 6.33. The lowest BCUT2D eigenvalue weighted by Gasteiger charge is -2.14. The maximum atomic E-state index is 12.4. The molecule has 3 amide bonds. The van der Waals surface area contributed by atoms with Crippen molar-refractivity contribution in [2.45, 2.75) is 17.9 Å². The molecule has 1 aliphatic heterocycles. The highest BCUT2D eigenvalue weighted by molar-refractivity contribution is 7.89. The fourth-order valence-electron chi connectivity index (χ4n) is 3.00. The zero-order valence-corrected chi connectivity index (χ0v) is 18.8. The number of rotatable bonds is 8. The van der Waals surface area contributed by atoms with E-state index in [1.165, 1.54) is 63.5 Å². The molecule has 174 valence electrons. The van der Waals surface area contributed by atoms with Crippen LogP contribution in [0.1, 0.15) is 27.6 Å². The Labute approximate surface area is 189 Å². The predicted octanol–water partition coefficient (Wildman–Crippen LogP) is 0.770. The summed E-state index contributed by atoms with van der Waals surface area (Å²) in [6.45, 7) is 0.595. The maximum absolute atomic E-state index is 12.4. The third-order valence-electron chi connectivity index (χ3n) is 4.77. The van der Waals surface area contributed by atoms with Crippen molar-refractivity contribution in [3.8, 4) is 5.75 Å². The lowest BCUT2D eigenvalue weighted by atomic mass is 10.1. The summed E-state index contributed by atoms with van der Waals surface area (Å²) < 4.78 is 36.8. The highest BCUT2D eigenvalue weighted by atomic mass is 32.2. The van der Waals surface area contributed by atoms with Crippen LogP contribution in [0.25, 0.3) is 0 Å². The lowest BCUT2D eigenvalue weighted by Crippen LogP contribution is -2.40. The molecule has 11 nitrogen and oxygen atoms in total. The monoisotopic (exact) mass is 475 g/mol. The molecule has 0 unspecified atom stereocenters. The number of nitrogens with one attached hydrogen (secondary N) is 2. The normalized spacial score (nSPS) is 14.0. The number of methoxy groups -OCH3 is 1. The SMILES string of the molecule is COc1ccc(S(=O)(=O)N[C@@H](C)C(=O)OCC(=O)Nc2ccc3c(c2)C(=O)N(C)C3=O)cc1. The zero-order chi connectivity index (χ0) is 24.3. The first-order valence-corrected chi connectivity index (χ1v) is 11.1. The summed E-state index contributed by atoms with van der Waals surface area (Å²) in [4.78, 5) is 49.1. The van der Waals surface area contributed by atoms with Crippen LogP contribution in [0.2, 0.25) is 0 Å². The van der Waals surface area contributed by atoms with Crippen molar-refractivity contribution in [3.05, 3.63) is 53.6 Å². The maximum Gasteiger partial charge on any atom is 0.324 e. The average molecular weight is 475 g/mol. The summed E-state index contributed by atoms with van der Waals surface area (Å²) in [5.74, 6) is -2.13. The molecule has 1 atom stereocenters. The Hall–Kier alpha value is -3.77. The second-order valence-corrected chi connectivity index (χ2v) is 8.82. The van der Waals surface area contributed by atoms with Crippen molar-refractivity contribution in [1.82, 2.24) is 9.62 Å². The van der Waals surface area contributed by atoms with Crippen LogP contribution in [-0.4, -0.2) is 63.8 Å². The number of hydrogen-bond acceptors (Lipinski definition) is 8. The van der Waals surface area contributed by atoms with Gasteiger partial charge in [0.1, 0.15) is 11.8 Å². The summed E-state index contributed by atoms with van der Waals surface area (Å²) in [6.07, 6.45) is 0. The molecule has 12 heteroatoms. The third kappa shape index (κ3) is 5.18. The molecule has 0 aliphatic carbocycles. The predicted molar refractivity (Wildman–Crippen MR) is 115 cm³/mol. The van der Waals surface area contributed by atoms with Gasteiger partial charge in [0.15, 0.2) is 6.61 Å². The van der Waals surface area contributed by atoms with Gasteiger partial charge in [0.05, 0.1) is 23.1 Å². The number of ether oxygens (including phenoxy) is 2. The highest BCUT2D eigenvalue weighted by Crippen LogP contribution is 2.24. The van der Waals surface area contributed by atoms with Gasteiger partial charge in [-0.15, -0.1) is 0 Å². The first kappa shape index (κ1) is 23.9. The fraction of sp³-hybridized carbons (Fsp3) is 0.238. The van der Waals surface area contributed by atoms with E-state index in [0.29, 0.717) is 5.75 Å². The minimum Gasteiger partial charge on any atom is -0.497 e. The standard InChI is InChI=1S/C21H21N3O8S/c1-12(23-33(29,30)15-7-5-14(31-3)6-8-15)21(28)32-11-18(25)22-13-4-9-16-17(10-13)20(27)24(2)19(16)26/h4-10,12,23H,11H2,1-3H3,(H,22,25)/t12-/m0/s1. The Bertz CT molecular complexity index is 1220. The van der Waals surface area contributed by atoms with E-state index in [2.05, 4.69) is 10.0 Å². The van der Waals surface area contributed by atoms with E-state index >= 15 is 0 Å². The molecule has 0 fully saturated rings. The van der Waals surface area contributed by atoms with Crippen molar-refractivity contribution in [1.29, 1.82) is 0 Å². The van der Waals surface area contributed by atoms with Crippen LogP contribution in [0, 0.1) is 0 Å². The van der Waals surface area contributed by atoms with E-state index in [1.54, 1.807) is 0 Å². The van der Waals surface area contributed by atoms with Crippen LogP contribution in [0.4, 0.5) is 5.69 Å². The largest absolute Gasteiger partial charge is 0.497 e. The van der Waals surface area contributed by atoms with E-state index in [1.807, 2.05) is 0 Å². The quantitative estimate of drug-likeness (QED) is 0.420. The first-order chi connectivity index (χ1) is 15.5. The van der Waals surface area contributed by atoms with Crippen molar-refractivity contribution < 1.29 is 37.1 Å². The van der Waals surface area contributed by atoms with Gasteiger partial charge in [-0.3, -0.25) is 24.1 Å². The molecule has 0 bridgehead atoms. The molecule has 1 aliphatic rings. The van der Waals surface area contributed by atoms with Crippen LogP contribution in [0.5, 0.6) is 5.75 Å². The van der Waals surface area contributed by atoms with Gasteiger partial charge in [-0.1, -0.05) is 0 Å². The summed E-state index contributed by atoms with van der Waals surface area (Å²) in [5.41, 5.74) is 0.614. The number of imide groups is 1. The molecule has 2 N–H and O–H groups in total. The fourth-order valence-corrected chi connectivity index (χ4v) is 4.19. The van der Waals surface area contributed by atoms with Gasteiger partial charge in [0.25, 0.3) is 17.7 Å². The minimum absolute atomic E-state index is 0.0732. The van der Waals surface area contributed by atoms with E-state index in [0.717, 1.165) is 4.90 Å². The van der Waals surface area contributed by atoms with E-state index in [-0.39, 0.29) is 21.7 Å². The highest BCUT2D eigenvalue weighted by Gasteiger charge is 2.32. The lowest BCUT2D eigenvalue weighted by molar-refractivity contribution is -0.148. The molecule has 0 radical (unpaired) electrons. The van der Waals surface area contributed by atoms with Gasteiger partial charge in [-0.25, -0.2) is 8.42 Å². The summed E-state index contributed by atoms with van der Waals surface area (Å²) in [5, 5.41) is 2.45. The Balaban J connectivity index is 1.54. The minimum atomic E-state index is -4.01. The van der Waals surface area contributed by atoms with Gasteiger partial charge in [0.2, 0.25) is 10.0 Å². The molecule has 0 aromatic heterocycles. The van der Waals surface area contributed by atoms with Gasteiger partial charge in [0, 0.05) is 12.7 Å². The van der Waals surface area contributed by atoms with Crippen LogP contribution in [-0.2, 0) is 24.3 Å². The molecule has 0 saturated carbocycles. The van der Waals surface area contributed by atoms with E-state index < -0.39 is 46.4 Å². The topological polar surface area (TPSA) is 148 Å². The summed E-state index contributed by atoms with van der Waals surface area (Å²) in [6, 6.07) is 8.50. The first-order valence-electron chi connectivity index (χ1n) is 9.63. The Morgan fingerprint density at radius 1 is 1.03 bits per heavy atom. The van der Waals surface area contributed by atoms with Crippen LogP contribution in [0.3, 0.4) is 0 Å². The van der Waals surface area contributed by atoms with Crippen LogP contribution >= 0.6 is 0 Å². The molecule has 2 aromatic rings. The molecule has 3 rings (SSSR count). The molecule has 0 spiro atoms. The number of fused-ring (bicyclic) bond motifs is 1. The number of carbonyl (C=O) groups excluding carboxylic acids is 4. The smallest absolute Gasteiger partial charge is 0.324 e. The van der Waals surface area contributed by atoms with Gasteiger partial charge >= 0.3 is 5.97 Å². The van der Waals surface area contributed by atoms with Crippen LogP contribution in [0.15, 0.2) is 47.4 Å². The van der Waals surface area contributed by atoms with Crippen molar-refractivity contribution in [3.63, 3.8) is 0 Å². The zero-order valence-electron chi connectivity index (χ0n) is 17.9. The number of carbonyl (C=O) groups is 4. The molecule has 33 heavy (non-hydrogen) atoms. The number of benzene rings is 2. The molecule has 0 saturated heterocycles. The Morgan fingerprint density at radius 2 is 1.67 bits per heavy atom. The number of nitrogens with zero attached hydrogens (tertiary/aromatic N) is 1. The second kappa shape index (κ2) is 9.38. The van der Waals surface area contributed by atoms with Gasteiger partial charge < -0.3 is 14.8 Å². The summed E-state index contributed by atoms with van der Waals surface area (Å²) in [7, 11) is -1.21. The molecule has 1 heterocycles. The number of sulfonamides is 1. The number of esters is 1. The number of anilines is 1. The van der Waals surface area contributed by atoms with Crippen molar-refractivity contribution in [2.24, 2.45) is 0 Å². The average Bonchev–Trinajstić information content (AvgIpc) is 3.00. The molecular weight excluding hydrogens is 454 g/mol. The Kier molecular flexibility index (Phi) is 6.79. The van der Waals surface area contributed by atoms with E-state index in [9.17, 15) is 27.6 Å². The number of amides is 3. The van der Waals surface area contributed by atoms with Gasteiger partial charge in [-0.05, 0) is 49.4 Å². The van der Waals surface area contributed by atoms with E-state index in [4.69, 9.17) is 9.47 Å². The van der Waals surface area contributed by atoms with Crippen LogP contribution < -0.4 is 14.8 Å². The van der Waals surface area contributed by atoms with Gasteiger partial charge in [-0.2, -0.15) is 4.72 Å². The van der Waals surface area contributed by atoms with Crippen molar-refractivity contribution in [2.75, 3.05) is 26.1 Å². The second-order valence-electron chi connectivity index (χ2n) is 7.10. The Morgan fingerprint density at radius 3 is 2.30 bits per heavy atom.